The highest BCUT2D eigenvalue weighted by Crippen LogP contribution is 2.32. The van der Waals surface area contributed by atoms with Crippen LogP contribution in [0.2, 0.25) is 0 Å². The summed E-state index contributed by atoms with van der Waals surface area (Å²) < 4.78 is 19.3. The largest absolute Gasteiger partial charge is 0.497 e. The van der Waals surface area contributed by atoms with Gasteiger partial charge in [0.2, 0.25) is 5.82 Å². The molecule has 1 N–H and O–H groups in total. The van der Waals surface area contributed by atoms with Crippen LogP contribution < -0.4 is 10.1 Å². The van der Waals surface area contributed by atoms with E-state index < -0.39 is 16.4 Å². The van der Waals surface area contributed by atoms with Gasteiger partial charge in [0, 0.05) is 16.2 Å². The number of ether oxygens (including phenoxy) is 1. The zero-order valence-electron chi connectivity index (χ0n) is 10.4. The van der Waals surface area contributed by atoms with Gasteiger partial charge in [0.05, 0.1) is 12.0 Å². The lowest BCUT2D eigenvalue weighted by molar-refractivity contribution is -0.386. The summed E-state index contributed by atoms with van der Waals surface area (Å²) in [7, 11) is 1.51. The van der Waals surface area contributed by atoms with Gasteiger partial charge >= 0.3 is 5.69 Å². The van der Waals surface area contributed by atoms with E-state index in [2.05, 4.69) is 21.2 Å². The Balaban J connectivity index is 2.42. The van der Waals surface area contributed by atoms with E-state index in [1.807, 2.05) is 0 Å². The maximum Gasteiger partial charge on any atom is 0.327 e. The van der Waals surface area contributed by atoms with Crippen LogP contribution in [0.25, 0.3) is 0 Å². The number of hydrogen-bond acceptors (Lipinski definition) is 4. The molecule has 0 aliphatic rings. The molecule has 0 atom stereocenters. The van der Waals surface area contributed by atoms with Crippen molar-refractivity contribution < 1.29 is 14.1 Å². The van der Waals surface area contributed by atoms with Crippen molar-refractivity contribution in [3.63, 3.8) is 0 Å². The van der Waals surface area contributed by atoms with Gasteiger partial charge in [-0.05, 0) is 24.3 Å². The second kappa shape index (κ2) is 5.87. The first-order valence-corrected chi connectivity index (χ1v) is 6.35. The van der Waals surface area contributed by atoms with E-state index in [0.717, 1.165) is 10.5 Å². The summed E-state index contributed by atoms with van der Waals surface area (Å²) in [5.74, 6) is -0.317. The van der Waals surface area contributed by atoms with Crippen molar-refractivity contribution >= 4 is 33.0 Å². The first-order chi connectivity index (χ1) is 9.51. The fraction of sp³-hybridized carbons (Fsp3) is 0.0769. The number of benzene rings is 2. The van der Waals surface area contributed by atoms with Crippen molar-refractivity contribution in [1.82, 2.24) is 0 Å². The van der Waals surface area contributed by atoms with Crippen LogP contribution in [0.4, 0.5) is 21.5 Å². The number of hydrogen-bond donors (Lipinski definition) is 1. The molecule has 2 aromatic carbocycles. The zero-order valence-corrected chi connectivity index (χ0v) is 12.0. The molecule has 20 heavy (non-hydrogen) atoms. The normalized spacial score (nSPS) is 10.2. The molecule has 104 valence electrons. The van der Waals surface area contributed by atoms with Crippen LogP contribution in [-0.2, 0) is 0 Å². The third-order valence-electron chi connectivity index (χ3n) is 2.56. The maximum absolute atomic E-state index is 13.5. The topological polar surface area (TPSA) is 64.4 Å². The van der Waals surface area contributed by atoms with Crippen molar-refractivity contribution in [3.05, 3.63) is 56.8 Å². The number of halogens is 2. The highest BCUT2D eigenvalue weighted by Gasteiger charge is 2.19. The minimum absolute atomic E-state index is 0.0788. The summed E-state index contributed by atoms with van der Waals surface area (Å²) in [5, 5.41) is 13.7. The minimum Gasteiger partial charge on any atom is -0.497 e. The van der Waals surface area contributed by atoms with Crippen LogP contribution in [0.5, 0.6) is 5.75 Å². The molecule has 0 saturated heterocycles. The molecule has 0 aromatic heterocycles. The Hall–Kier alpha value is -2.15. The molecule has 0 fully saturated rings. The average molecular weight is 341 g/mol. The van der Waals surface area contributed by atoms with Gasteiger partial charge in [-0.3, -0.25) is 10.1 Å². The summed E-state index contributed by atoms with van der Waals surface area (Å²) in [6.45, 7) is 0. The Kier molecular flexibility index (Phi) is 4.19. The molecule has 0 saturated carbocycles. The van der Waals surface area contributed by atoms with E-state index in [4.69, 9.17) is 4.74 Å². The molecule has 5 nitrogen and oxygen atoms in total. The van der Waals surface area contributed by atoms with Crippen LogP contribution in [-0.4, -0.2) is 12.0 Å². The Labute approximate surface area is 122 Å². The van der Waals surface area contributed by atoms with E-state index in [1.54, 1.807) is 18.2 Å². The standard InChI is InChI=1S/C13H10BrFN2O3/c1-20-10-6-8(14)5-9(7-10)16-12-4-2-3-11(15)13(12)17(18)19/h2-7,16H,1H3. The molecule has 0 spiro atoms. The second-order valence-electron chi connectivity index (χ2n) is 3.90. The van der Waals surface area contributed by atoms with E-state index in [0.29, 0.717) is 11.4 Å². The molecule has 0 heterocycles. The van der Waals surface area contributed by atoms with Crippen molar-refractivity contribution in [3.8, 4) is 5.75 Å². The van der Waals surface area contributed by atoms with Crippen LogP contribution in [0.1, 0.15) is 0 Å². The number of para-hydroxylation sites is 1. The highest BCUT2D eigenvalue weighted by molar-refractivity contribution is 9.10. The van der Waals surface area contributed by atoms with Gasteiger partial charge < -0.3 is 10.1 Å². The van der Waals surface area contributed by atoms with E-state index in [9.17, 15) is 14.5 Å². The van der Waals surface area contributed by atoms with E-state index in [-0.39, 0.29) is 5.69 Å². The molecule has 0 amide bonds. The van der Waals surface area contributed by atoms with Crippen LogP contribution >= 0.6 is 15.9 Å². The van der Waals surface area contributed by atoms with Crippen LogP contribution in [0, 0.1) is 15.9 Å². The lowest BCUT2D eigenvalue weighted by atomic mass is 10.2. The third-order valence-corrected chi connectivity index (χ3v) is 3.01. The van der Waals surface area contributed by atoms with Crippen molar-refractivity contribution in [2.45, 2.75) is 0 Å². The van der Waals surface area contributed by atoms with Gasteiger partial charge in [-0.15, -0.1) is 0 Å². The first kappa shape index (κ1) is 14.3. The van der Waals surface area contributed by atoms with Crippen molar-refractivity contribution in [2.75, 3.05) is 12.4 Å². The Morgan fingerprint density at radius 2 is 2.10 bits per heavy atom. The predicted octanol–water partition coefficient (Wildman–Crippen LogP) is 4.25. The van der Waals surface area contributed by atoms with Crippen molar-refractivity contribution in [1.29, 1.82) is 0 Å². The number of rotatable bonds is 4. The molecule has 0 unspecified atom stereocenters. The minimum atomic E-state index is -0.887. The Morgan fingerprint density at radius 3 is 2.75 bits per heavy atom. The molecular formula is C13H10BrFN2O3. The number of nitro groups is 1. The third kappa shape index (κ3) is 3.05. The number of methoxy groups -OCH3 is 1. The summed E-state index contributed by atoms with van der Waals surface area (Å²) in [4.78, 5) is 10.2. The fourth-order valence-corrected chi connectivity index (χ4v) is 2.18. The number of nitrogens with one attached hydrogen (secondary N) is 1. The lowest BCUT2D eigenvalue weighted by Crippen LogP contribution is -1.99. The lowest BCUT2D eigenvalue weighted by Gasteiger charge is -2.09. The molecule has 0 aliphatic heterocycles. The quantitative estimate of drug-likeness (QED) is 0.667. The van der Waals surface area contributed by atoms with Gasteiger partial charge in [0.1, 0.15) is 11.4 Å². The maximum atomic E-state index is 13.5. The summed E-state index contributed by atoms with van der Waals surface area (Å²) in [5.41, 5.74) is 0.0338. The van der Waals surface area contributed by atoms with E-state index in [1.165, 1.54) is 19.2 Å². The molecule has 2 aromatic rings. The smallest absolute Gasteiger partial charge is 0.327 e. The van der Waals surface area contributed by atoms with Gasteiger partial charge in [-0.2, -0.15) is 4.39 Å². The molecule has 0 aliphatic carbocycles. The van der Waals surface area contributed by atoms with Crippen molar-refractivity contribution in [2.24, 2.45) is 0 Å². The van der Waals surface area contributed by atoms with Gasteiger partial charge in [-0.1, -0.05) is 22.0 Å². The monoisotopic (exact) mass is 340 g/mol. The average Bonchev–Trinajstić information content (AvgIpc) is 2.37. The molecule has 2 rings (SSSR count). The molecule has 0 radical (unpaired) electrons. The molecule has 0 bridgehead atoms. The first-order valence-electron chi connectivity index (χ1n) is 5.56. The summed E-state index contributed by atoms with van der Waals surface area (Å²) >= 11 is 3.30. The number of nitrogens with zero attached hydrogens (tertiary/aromatic N) is 1. The highest BCUT2D eigenvalue weighted by atomic mass is 79.9. The summed E-state index contributed by atoms with van der Waals surface area (Å²) in [6, 6.07) is 8.99. The second-order valence-corrected chi connectivity index (χ2v) is 4.81. The number of anilines is 2. The Morgan fingerprint density at radius 1 is 1.35 bits per heavy atom. The predicted molar refractivity (Wildman–Crippen MR) is 77.0 cm³/mol. The van der Waals surface area contributed by atoms with Gasteiger partial charge in [-0.25, -0.2) is 0 Å². The van der Waals surface area contributed by atoms with Gasteiger partial charge in [0.15, 0.2) is 0 Å². The zero-order chi connectivity index (χ0) is 14.7. The molecular weight excluding hydrogens is 331 g/mol. The number of nitro benzene ring substituents is 1. The Bertz CT molecular complexity index is 664. The van der Waals surface area contributed by atoms with Crippen LogP contribution in [0.15, 0.2) is 40.9 Å². The summed E-state index contributed by atoms with van der Waals surface area (Å²) in [6.07, 6.45) is 0. The SMILES string of the molecule is COc1cc(Br)cc(Nc2cccc(F)c2[N+](=O)[O-])c1. The molecule has 7 heteroatoms. The fourth-order valence-electron chi connectivity index (χ4n) is 1.71. The van der Waals surface area contributed by atoms with Gasteiger partial charge in [0.25, 0.3) is 0 Å². The van der Waals surface area contributed by atoms with Crippen LogP contribution in [0.3, 0.4) is 0 Å². The van der Waals surface area contributed by atoms with E-state index >= 15 is 0 Å².